The molecule has 1 aliphatic heterocycles. The minimum atomic E-state index is -0.230. The Hall–Kier alpha value is -0.250. The molecule has 0 atom stereocenters. The molecule has 9 heavy (non-hydrogen) atoms. The van der Waals surface area contributed by atoms with Gasteiger partial charge in [-0.3, -0.25) is 0 Å². The maximum atomic E-state index is 8.43. The Balaban J connectivity index is 2.67. The summed E-state index contributed by atoms with van der Waals surface area (Å²) >= 11 is 10.8. The lowest BCUT2D eigenvalue weighted by atomic mass is 10.6. The number of nitrogens with zero attached hydrogens (tertiary/aromatic N) is 2. The fourth-order valence-electron chi connectivity index (χ4n) is 0.415. The fraction of sp³-hybridized carbons (Fsp3) is 0.250. The largest absolute Gasteiger partial charge is 0.388 e. The first-order valence-corrected chi connectivity index (χ1v) is 2.95. The molecule has 0 unspecified atom stereocenters. The van der Waals surface area contributed by atoms with Crippen LogP contribution in [0.25, 0.3) is 0 Å². The fourth-order valence-corrected chi connectivity index (χ4v) is 0.694. The van der Waals surface area contributed by atoms with E-state index in [9.17, 15) is 0 Å². The second-order valence-corrected chi connectivity index (χ2v) is 2.10. The summed E-state index contributed by atoms with van der Waals surface area (Å²) in [5, 5.41) is 12.3. The molecule has 0 aromatic carbocycles. The smallest absolute Gasteiger partial charge is 0.168 e. The van der Waals surface area contributed by atoms with E-state index in [1.54, 1.807) is 0 Å². The Labute approximate surface area is 62.0 Å². The number of rotatable bonds is 1. The molecule has 0 saturated heterocycles. The minimum Gasteiger partial charge on any atom is -0.388 e. The van der Waals surface area contributed by atoms with E-state index in [1.165, 1.54) is 0 Å². The molecule has 1 radical (unpaired) electrons. The van der Waals surface area contributed by atoms with Crippen molar-refractivity contribution >= 4 is 29.0 Å². The molecule has 49 valence electrons. The van der Waals surface area contributed by atoms with Crippen molar-refractivity contribution in [2.24, 2.45) is 4.99 Å². The number of aliphatic hydroxyl groups is 1. The SMILES string of the molecule is OCC1=NC(Cl)=C(Cl)[N]1. The maximum Gasteiger partial charge on any atom is 0.168 e. The van der Waals surface area contributed by atoms with Crippen LogP contribution >= 0.6 is 23.2 Å². The van der Waals surface area contributed by atoms with E-state index in [0.717, 1.165) is 0 Å². The number of hydrogen-bond donors (Lipinski definition) is 1. The summed E-state index contributed by atoms with van der Waals surface area (Å²) in [6.07, 6.45) is 0. The molecule has 0 amide bonds. The zero-order valence-corrected chi connectivity index (χ0v) is 5.82. The third-order valence-corrected chi connectivity index (χ3v) is 1.39. The van der Waals surface area contributed by atoms with Crippen LogP contribution < -0.4 is 5.32 Å². The normalized spacial score (nSPS) is 17.9. The second kappa shape index (κ2) is 2.56. The van der Waals surface area contributed by atoms with E-state index < -0.39 is 0 Å². The van der Waals surface area contributed by atoms with E-state index in [0.29, 0.717) is 0 Å². The van der Waals surface area contributed by atoms with Gasteiger partial charge in [0.05, 0.1) is 0 Å². The number of aliphatic hydroxyl groups excluding tert-OH is 1. The Bertz CT molecular complexity index is 187. The lowest BCUT2D eigenvalue weighted by Gasteiger charge is -1.89. The van der Waals surface area contributed by atoms with Crippen LogP contribution in [0.2, 0.25) is 0 Å². The first-order chi connectivity index (χ1) is 4.24. The predicted octanol–water partition coefficient (Wildman–Crippen LogP) is 0.599. The van der Waals surface area contributed by atoms with Gasteiger partial charge in [0.25, 0.3) is 0 Å². The quantitative estimate of drug-likeness (QED) is 0.569. The Morgan fingerprint density at radius 2 is 2.00 bits per heavy atom. The molecule has 1 N–H and O–H groups in total. The average Bonchev–Trinajstić information content (AvgIpc) is 2.13. The van der Waals surface area contributed by atoms with Crippen molar-refractivity contribution in [1.82, 2.24) is 5.32 Å². The summed E-state index contributed by atoms with van der Waals surface area (Å²) in [6.45, 7) is -0.230. The van der Waals surface area contributed by atoms with Gasteiger partial charge in [-0.05, 0) is 0 Å². The van der Waals surface area contributed by atoms with E-state index in [2.05, 4.69) is 10.3 Å². The number of hydrogen-bond acceptors (Lipinski definition) is 2. The predicted molar refractivity (Wildman–Crippen MR) is 35.4 cm³/mol. The molecule has 1 aliphatic rings. The Morgan fingerprint density at radius 3 is 2.22 bits per heavy atom. The van der Waals surface area contributed by atoms with Crippen molar-refractivity contribution in [2.75, 3.05) is 6.61 Å². The Morgan fingerprint density at radius 1 is 1.33 bits per heavy atom. The van der Waals surface area contributed by atoms with Gasteiger partial charge in [0.1, 0.15) is 6.61 Å². The van der Waals surface area contributed by atoms with Gasteiger partial charge in [-0.2, -0.15) is 0 Å². The van der Waals surface area contributed by atoms with Gasteiger partial charge >= 0.3 is 0 Å². The highest BCUT2D eigenvalue weighted by Gasteiger charge is 2.13. The van der Waals surface area contributed by atoms with Crippen LogP contribution in [0.5, 0.6) is 0 Å². The summed E-state index contributed by atoms with van der Waals surface area (Å²) in [5.41, 5.74) is 0. The molecule has 0 fully saturated rings. The van der Waals surface area contributed by atoms with Gasteiger partial charge in [0, 0.05) is 0 Å². The zero-order chi connectivity index (χ0) is 6.85. The molecule has 5 heteroatoms. The van der Waals surface area contributed by atoms with E-state index in [1.807, 2.05) is 0 Å². The molecule has 1 heterocycles. The van der Waals surface area contributed by atoms with Gasteiger partial charge < -0.3 is 5.11 Å². The molecule has 0 saturated carbocycles. The van der Waals surface area contributed by atoms with Gasteiger partial charge in [0.15, 0.2) is 16.1 Å². The molecular formula is C4H3Cl2N2O. The van der Waals surface area contributed by atoms with Gasteiger partial charge in [-0.25, -0.2) is 10.3 Å². The van der Waals surface area contributed by atoms with E-state index in [4.69, 9.17) is 28.3 Å². The first kappa shape index (κ1) is 6.86. The lowest BCUT2D eigenvalue weighted by molar-refractivity contribution is 0.354. The standard InChI is InChI=1S/C4H3Cl2N2O/c5-3-4(6)8-2(1-9)7-3/h9H,1H2. The van der Waals surface area contributed by atoms with Crippen LogP contribution in [-0.2, 0) is 0 Å². The molecule has 1 rings (SSSR count). The number of aliphatic imine (C=N–C) groups is 1. The summed E-state index contributed by atoms with van der Waals surface area (Å²) < 4.78 is 0. The van der Waals surface area contributed by atoms with Gasteiger partial charge in [-0.15, -0.1) is 0 Å². The highest BCUT2D eigenvalue weighted by atomic mass is 35.5. The van der Waals surface area contributed by atoms with Crippen LogP contribution in [-0.4, -0.2) is 17.5 Å². The monoisotopic (exact) mass is 165 g/mol. The highest BCUT2D eigenvalue weighted by molar-refractivity contribution is 6.40. The maximum absolute atomic E-state index is 8.43. The van der Waals surface area contributed by atoms with E-state index >= 15 is 0 Å². The van der Waals surface area contributed by atoms with Crippen molar-refractivity contribution in [3.05, 3.63) is 10.3 Å². The van der Waals surface area contributed by atoms with Crippen LogP contribution in [0.1, 0.15) is 0 Å². The third-order valence-electron chi connectivity index (χ3n) is 0.766. The Kier molecular flexibility index (Phi) is 1.95. The summed E-state index contributed by atoms with van der Waals surface area (Å²) in [5.74, 6) is 0.255. The van der Waals surface area contributed by atoms with Crippen molar-refractivity contribution < 1.29 is 5.11 Å². The van der Waals surface area contributed by atoms with Gasteiger partial charge in [0.2, 0.25) is 0 Å². The highest BCUT2D eigenvalue weighted by Crippen LogP contribution is 2.18. The van der Waals surface area contributed by atoms with Crippen molar-refractivity contribution in [3.63, 3.8) is 0 Å². The summed E-state index contributed by atoms with van der Waals surface area (Å²) in [6, 6.07) is 0. The van der Waals surface area contributed by atoms with E-state index in [-0.39, 0.29) is 22.8 Å². The number of halogens is 2. The van der Waals surface area contributed by atoms with Crippen molar-refractivity contribution in [3.8, 4) is 0 Å². The molecule has 0 aromatic heterocycles. The molecular weight excluding hydrogens is 163 g/mol. The first-order valence-electron chi connectivity index (χ1n) is 2.19. The van der Waals surface area contributed by atoms with Crippen molar-refractivity contribution in [2.45, 2.75) is 0 Å². The molecule has 0 spiro atoms. The molecule has 0 bridgehead atoms. The second-order valence-electron chi connectivity index (χ2n) is 1.38. The topological polar surface area (TPSA) is 46.7 Å². The van der Waals surface area contributed by atoms with Crippen LogP contribution in [0.4, 0.5) is 0 Å². The molecule has 0 aliphatic carbocycles. The van der Waals surface area contributed by atoms with Crippen LogP contribution in [0.3, 0.4) is 0 Å². The zero-order valence-electron chi connectivity index (χ0n) is 4.30. The van der Waals surface area contributed by atoms with Crippen LogP contribution in [0, 0.1) is 0 Å². The third kappa shape index (κ3) is 1.36. The summed E-state index contributed by atoms with van der Waals surface area (Å²) in [4.78, 5) is 3.60. The van der Waals surface area contributed by atoms with Gasteiger partial charge in [-0.1, -0.05) is 23.2 Å². The lowest BCUT2D eigenvalue weighted by Crippen LogP contribution is -2.12. The minimum absolute atomic E-state index is 0.140. The summed E-state index contributed by atoms with van der Waals surface area (Å²) in [7, 11) is 0. The number of amidine groups is 1. The van der Waals surface area contributed by atoms with Crippen LogP contribution in [0.15, 0.2) is 15.3 Å². The molecule has 3 nitrogen and oxygen atoms in total. The average molecular weight is 166 g/mol. The molecule has 0 aromatic rings. The van der Waals surface area contributed by atoms with Crippen molar-refractivity contribution in [1.29, 1.82) is 0 Å².